The summed E-state index contributed by atoms with van der Waals surface area (Å²) in [6.07, 6.45) is -0.896. The van der Waals surface area contributed by atoms with Crippen LogP contribution in [0.3, 0.4) is 0 Å². The van der Waals surface area contributed by atoms with Gasteiger partial charge in [0.1, 0.15) is 11.6 Å². The highest BCUT2D eigenvalue weighted by Crippen LogP contribution is 2.18. The molecule has 0 radical (unpaired) electrons. The van der Waals surface area contributed by atoms with Crippen molar-refractivity contribution in [1.82, 2.24) is 5.32 Å². The number of carbonyl (C=O) groups is 2. The van der Waals surface area contributed by atoms with Crippen LogP contribution in [0.4, 0.5) is 14.4 Å². The molecule has 10 nitrogen and oxygen atoms in total. The number of amides is 1. The van der Waals surface area contributed by atoms with E-state index in [9.17, 15) is 35.4 Å². The smallest absolute Gasteiger partial charge is 0.408 e. The Morgan fingerprint density at radius 1 is 1.17 bits per heavy atom. The number of alkyl carbamates (subject to hydrolysis) is 1. The van der Waals surface area contributed by atoms with Crippen LogP contribution in [0.15, 0.2) is 29.2 Å². The number of hydrogen-bond acceptors (Lipinski definition) is 8. The third-order valence-corrected chi connectivity index (χ3v) is 6.75. The van der Waals surface area contributed by atoms with Crippen molar-refractivity contribution in [2.45, 2.75) is 37.3 Å². The summed E-state index contributed by atoms with van der Waals surface area (Å²) in [6.45, 7) is 4.88. The van der Waals surface area contributed by atoms with Crippen LogP contribution in [0.1, 0.15) is 20.8 Å². The fourth-order valence-corrected chi connectivity index (χ4v) is 5.16. The third kappa shape index (κ3) is 10.1. The second-order valence-electron chi connectivity index (χ2n) is 7.00. The number of hydrogen-bond donors (Lipinski definition) is 3. The van der Waals surface area contributed by atoms with Crippen molar-refractivity contribution in [3.8, 4) is 0 Å². The van der Waals surface area contributed by atoms with E-state index in [1.807, 2.05) is 0 Å². The summed E-state index contributed by atoms with van der Waals surface area (Å²) in [5, 5.41) is 11.4. The molecule has 170 valence electrons. The largest absolute Gasteiger partial charge is 0.480 e. The van der Waals surface area contributed by atoms with Gasteiger partial charge in [-0.3, -0.25) is 4.72 Å². The number of anilines is 1. The normalized spacial score (nSPS) is 13.3. The van der Waals surface area contributed by atoms with Gasteiger partial charge in [-0.25, -0.2) is 18.0 Å². The first kappa shape index (κ1) is 26.0. The lowest BCUT2D eigenvalue weighted by Crippen LogP contribution is -2.45. The fourth-order valence-electron chi connectivity index (χ4n) is 1.98. The average Bonchev–Trinajstić information content (AvgIpc) is 2.54. The number of halogens is 1. The molecule has 1 atom stereocenters. The van der Waals surface area contributed by atoms with Gasteiger partial charge in [0.05, 0.1) is 16.3 Å². The van der Waals surface area contributed by atoms with Crippen molar-refractivity contribution < 1.29 is 40.2 Å². The lowest BCUT2D eigenvalue weighted by atomic mass is 10.2. The van der Waals surface area contributed by atoms with Gasteiger partial charge in [-0.15, -0.1) is 0 Å². The van der Waals surface area contributed by atoms with Crippen molar-refractivity contribution in [3.63, 3.8) is 0 Å². The maximum absolute atomic E-state index is 12.6. The number of rotatable bonds is 10. The molecule has 30 heavy (non-hydrogen) atoms. The molecule has 0 bridgehead atoms. The van der Waals surface area contributed by atoms with Crippen LogP contribution >= 0.6 is 11.8 Å². The number of benzene rings is 1. The highest BCUT2D eigenvalue weighted by atomic mass is 32.3. The SMILES string of the molecule is CC(C)(C)OC(=O)N[C@@H](CSCCS(=O)(=O)c1ccc(NS(=O)(=O)[18F])cc1)C(=O)O. The summed E-state index contributed by atoms with van der Waals surface area (Å²) in [5.41, 5.74) is -0.934. The first-order valence-electron chi connectivity index (χ1n) is 8.44. The zero-order chi connectivity index (χ0) is 23.2. The molecule has 0 saturated carbocycles. The second kappa shape index (κ2) is 10.3. The van der Waals surface area contributed by atoms with Gasteiger partial charge in [0.2, 0.25) is 0 Å². The van der Waals surface area contributed by atoms with Crippen LogP contribution in [-0.4, -0.2) is 62.9 Å². The molecule has 0 aliphatic rings. The van der Waals surface area contributed by atoms with Crippen LogP contribution in [0, 0.1) is 0 Å². The van der Waals surface area contributed by atoms with E-state index in [0.717, 1.165) is 36.0 Å². The number of nitrogens with one attached hydrogen (secondary N) is 2. The zero-order valence-corrected chi connectivity index (χ0v) is 18.9. The highest BCUT2D eigenvalue weighted by Gasteiger charge is 2.24. The minimum absolute atomic E-state index is 0.0426. The maximum atomic E-state index is 12.6. The number of carboxylic acid groups (broad SMARTS) is 1. The van der Waals surface area contributed by atoms with Crippen LogP contribution < -0.4 is 10.0 Å². The lowest BCUT2D eigenvalue weighted by molar-refractivity contribution is -0.138. The van der Waals surface area contributed by atoms with E-state index in [2.05, 4.69) is 5.32 Å². The van der Waals surface area contributed by atoms with E-state index in [1.54, 1.807) is 25.5 Å². The van der Waals surface area contributed by atoms with Gasteiger partial charge in [0.15, 0.2) is 9.84 Å². The Kier molecular flexibility index (Phi) is 8.92. The van der Waals surface area contributed by atoms with Crippen molar-refractivity contribution in [2.75, 3.05) is 22.0 Å². The monoisotopic (exact) mass is 485 g/mol. The Hall–Kier alpha value is -2.06. The van der Waals surface area contributed by atoms with Crippen LogP contribution in [-0.2, 0) is 29.8 Å². The molecule has 3 N–H and O–H groups in total. The molecule has 14 heteroatoms. The van der Waals surface area contributed by atoms with Crippen LogP contribution in [0.5, 0.6) is 0 Å². The summed E-state index contributed by atoms with van der Waals surface area (Å²) in [4.78, 5) is 22.9. The molecule has 0 spiro atoms. The quantitative estimate of drug-likeness (QED) is 0.332. The van der Waals surface area contributed by atoms with Gasteiger partial charge in [-0.2, -0.15) is 20.2 Å². The molecule has 0 unspecified atom stereocenters. The molecule has 0 aromatic heterocycles. The average molecular weight is 486 g/mol. The summed E-state index contributed by atoms with van der Waals surface area (Å²) < 4.78 is 64.8. The molecule has 0 heterocycles. The fraction of sp³-hybridized carbons (Fsp3) is 0.500. The van der Waals surface area contributed by atoms with Crippen LogP contribution in [0.2, 0.25) is 0 Å². The first-order chi connectivity index (χ1) is 13.6. The Balaban J connectivity index is 2.59. The van der Waals surface area contributed by atoms with Gasteiger partial charge < -0.3 is 15.2 Å². The molecule has 0 aliphatic carbocycles. The minimum Gasteiger partial charge on any atom is -0.480 e. The number of ether oxygens (including phenoxy) is 1. The predicted molar refractivity (Wildman–Crippen MR) is 110 cm³/mol. The van der Waals surface area contributed by atoms with Gasteiger partial charge in [-0.05, 0) is 45.0 Å². The van der Waals surface area contributed by atoms with Gasteiger partial charge >= 0.3 is 22.5 Å². The molecular formula is C16H23FN2O8S3. The van der Waals surface area contributed by atoms with Crippen molar-refractivity contribution in [1.29, 1.82) is 0 Å². The topological polar surface area (TPSA) is 156 Å². The Morgan fingerprint density at radius 3 is 2.20 bits per heavy atom. The van der Waals surface area contributed by atoms with E-state index in [0.29, 0.717) is 0 Å². The molecule has 0 saturated heterocycles. The van der Waals surface area contributed by atoms with Gasteiger partial charge in [0.25, 0.3) is 0 Å². The Labute approximate surface area is 178 Å². The lowest BCUT2D eigenvalue weighted by Gasteiger charge is -2.21. The number of sulfone groups is 1. The van der Waals surface area contributed by atoms with E-state index >= 15 is 0 Å². The first-order valence-corrected chi connectivity index (χ1v) is 12.6. The third-order valence-electron chi connectivity index (χ3n) is 3.22. The van der Waals surface area contributed by atoms with E-state index < -0.39 is 44.0 Å². The van der Waals surface area contributed by atoms with Crippen molar-refractivity contribution in [2.24, 2.45) is 0 Å². The second-order valence-corrected chi connectivity index (χ2v) is 11.3. The summed E-state index contributed by atoms with van der Waals surface area (Å²) in [6, 6.07) is 3.18. The van der Waals surface area contributed by atoms with Crippen LogP contribution in [0.25, 0.3) is 0 Å². The molecular weight excluding hydrogens is 462 g/mol. The van der Waals surface area contributed by atoms with Crippen molar-refractivity contribution in [3.05, 3.63) is 24.3 Å². The molecule has 1 rings (SSSR count). The van der Waals surface area contributed by atoms with Gasteiger partial charge in [0, 0.05) is 11.5 Å². The summed E-state index contributed by atoms with van der Waals surface area (Å²) in [7, 11) is -8.70. The standard InChI is InChI=1S/C16H23FN2O8S3/c1-16(2,3)27-15(22)18-13(14(20)21)10-28-8-9-29(23,24)12-6-4-11(5-7-12)19-30(17,25)26/h4-7,13,19H,8-10H2,1-3H3,(H,18,22)(H,20,21)/t13-/m0/s1/i17-1. The number of aliphatic carboxylic acids is 1. The number of carbonyl (C=O) groups excluding carboxylic acids is 1. The van der Waals surface area contributed by atoms with E-state index in [-0.39, 0.29) is 27.8 Å². The number of carboxylic acids is 1. The van der Waals surface area contributed by atoms with Crippen molar-refractivity contribution >= 4 is 49.8 Å². The van der Waals surface area contributed by atoms with Gasteiger partial charge in [-0.1, -0.05) is 3.89 Å². The molecule has 1 aromatic rings. The Bertz CT molecular complexity index is 957. The minimum atomic E-state index is -4.97. The summed E-state index contributed by atoms with van der Waals surface area (Å²) in [5.74, 6) is -1.66. The highest BCUT2D eigenvalue weighted by molar-refractivity contribution is 8.00. The number of thioether (sulfide) groups is 1. The summed E-state index contributed by atoms with van der Waals surface area (Å²) >= 11 is 1.01. The molecule has 0 aliphatic heterocycles. The Morgan fingerprint density at radius 2 is 1.73 bits per heavy atom. The molecule has 1 aromatic carbocycles. The van der Waals surface area contributed by atoms with E-state index in [4.69, 9.17) is 4.74 Å². The zero-order valence-electron chi connectivity index (χ0n) is 16.4. The molecule has 1 amide bonds. The predicted octanol–water partition coefficient (Wildman–Crippen LogP) is 1.80. The van der Waals surface area contributed by atoms with E-state index in [1.165, 1.54) is 0 Å². The maximum Gasteiger partial charge on any atom is 0.408 e. The molecule has 0 fully saturated rings.